The third kappa shape index (κ3) is 3.06. The van der Waals surface area contributed by atoms with Crippen LogP contribution in [0.4, 0.5) is 5.95 Å². The average molecular weight is 387 g/mol. The van der Waals surface area contributed by atoms with Crippen LogP contribution in [0.3, 0.4) is 0 Å². The first-order chi connectivity index (χ1) is 14.0. The second-order valence-corrected chi connectivity index (χ2v) is 7.68. The number of benzene rings is 1. The van der Waals surface area contributed by atoms with Crippen LogP contribution in [0.1, 0.15) is 31.2 Å². The van der Waals surface area contributed by atoms with Crippen LogP contribution in [-0.2, 0) is 12.5 Å². The van der Waals surface area contributed by atoms with Gasteiger partial charge in [0.1, 0.15) is 0 Å². The number of rotatable bonds is 5. The molecule has 5 rings (SSSR count). The van der Waals surface area contributed by atoms with E-state index in [0.29, 0.717) is 23.3 Å². The second kappa shape index (κ2) is 6.51. The summed E-state index contributed by atoms with van der Waals surface area (Å²) in [4.78, 5) is 12.9. The minimum Gasteiger partial charge on any atom is -0.368 e. The lowest BCUT2D eigenvalue weighted by molar-refractivity contribution is 0.386. The molecule has 1 saturated carbocycles. The summed E-state index contributed by atoms with van der Waals surface area (Å²) in [5.41, 5.74) is 9.08. The van der Waals surface area contributed by atoms with Crippen molar-refractivity contribution in [2.24, 2.45) is 13.0 Å². The van der Waals surface area contributed by atoms with Crippen LogP contribution in [0.15, 0.2) is 53.4 Å². The largest absolute Gasteiger partial charge is 0.368 e. The van der Waals surface area contributed by atoms with Crippen LogP contribution >= 0.6 is 0 Å². The molecule has 0 bridgehead atoms. The van der Waals surface area contributed by atoms with Gasteiger partial charge >= 0.3 is 0 Å². The predicted octanol–water partition coefficient (Wildman–Crippen LogP) is 3.23. The lowest BCUT2D eigenvalue weighted by Crippen LogP contribution is -2.28. The van der Waals surface area contributed by atoms with E-state index in [4.69, 9.17) is 15.2 Å². The predicted molar refractivity (Wildman–Crippen MR) is 108 cm³/mol. The molecule has 1 unspecified atom stereocenters. The molecule has 0 amide bonds. The fourth-order valence-corrected chi connectivity index (χ4v) is 3.77. The monoisotopic (exact) mass is 387 g/mol. The van der Waals surface area contributed by atoms with Crippen LogP contribution in [0.2, 0.25) is 0 Å². The molecule has 1 atom stereocenters. The van der Waals surface area contributed by atoms with Gasteiger partial charge in [0.05, 0.1) is 5.41 Å². The average Bonchev–Trinajstić information content (AvgIpc) is 3.32. The zero-order chi connectivity index (χ0) is 20.0. The molecule has 3 heterocycles. The van der Waals surface area contributed by atoms with E-state index < -0.39 is 0 Å². The highest BCUT2D eigenvalue weighted by atomic mass is 16.5. The molecule has 2 N–H and O–H groups in total. The number of nitrogen functional groups attached to an aromatic ring is 1. The van der Waals surface area contributed by atoms with E-state index in [9.17, 15) is 0 Å². The van der Waals surface area contributed by atoms with E-state index in [1.54, 1.807) is 17.1 Å². The van der Waals surface area contributed by atoms with Crippen LogP contribution < -0.4 is 5.73 Å². The fourth-order valence-electron chi connectivity index (χ4n) is 3.77. The van der Waals surface area contributed by atoms with E-state index in [-0.39, 0.29) is 11.4 Å². The molecule has 1 aliphatic carbocycles. The molecule has 0 spiro atoms. The third-order valence-corrected chi connectivity index (χ3v) is 5.71. The highest BCUT2D eigenvalue weighted by molar-refractivity contribution is 5.62. The molecule has 1 fully saturated rings. The zero-order valence-corrected chi connectivity index (χ0v) is 16.3. The molecule has 0 aliphatic heterocycles. The van der Waals surface area contributed by atoms with E-state index in [1.165, 1.54) is 0 Å². The maximum absolute atomic E-state index is 5.59. The second-order valence-electron chi connectivity index (χ2n) is 7.68. The van der Waals surface area contributed by atoms with Gasteiger partial charge in [0, 0.05) is 31.2 Å². The highest BCUT2D eigenvalue weighted by Crippen LogP contribution is 2.50. The Hall–Kier alpha value is -3.55. The van der Waals surface area contributed by atoms with Gasteiger partial charge in [-0.2, -0.15) is 10.1 Å². The fraction of sp³-hybridized carbons (Fsp3) is 0.286. The molecule has 146 valence electrons. The first-order valence-electron chi connectivity index (χ1n) is 9.56. The molecule has 1 aliphatic rings. The number of anilines is 1. The van der Waals surface area contributed by atoms with Crippen molar-refractivity contribution >= 4 is 5.95 Å². The maximum atomic E-state index is 5.59. The van der Waals surface area contributed by atoms with E-state index in [0.717, 1.165) is 29.5 Å². The summed E-state index contributed by atoms with van der Waals surface area (Å²) >= 11 is 0. The minimum atomic E-state index is -0.313. The Labute approximate surface area is 167 Å². The Balaban J connectivity index is 1.50. The smallest absolute Gasteiger partial charge is 0.278 e. The summed E-state index contributed by atoms with van der Waals surface area (Å²) in [6, 6.07) is 10.3. The van der Waals surface area contributed by atoms with Crippen LogP contribution in [0.25, 0.3) is 22.7 Å². The van der Waals surface area contributed by atoms with Gasteiger partial charge in [0.2, 0.25) is 5.95 Å². The number of aryl methyl sites for hydroxylation is 1. The lowest BCUT2D eigenvalue weighted by Gasteiger charge is -2.27. The first-order valence-corrected chi connectivity index (χ1v) is 9.56. The van der Waals surface area contributed by atoms with Gasteiger partial charge in [-0.25, -0.2) is 9.97 Å². The molecule has 0 radical (unpaired) electrons. The van der Waals surface area contributed by atoms with Crippen LogP contribution in [0, 0.1) is 5.92 Å². The number of hydrogen-bond donors (Lipinski definition) is 1. The Morgan fingerprint density at radius 3 is 2.41 bits per heavy atom. The van der Waals surface area contributed by atoms with Crippen LogP contribution in [0.5, 0.6) is 0 Å². The van der Waals surface area contributed by atoms with Crippen LogP contribution in [-0.4, -0.2) is 29.9 Å². The summed E-state index contributed by atoms with van der Waals surface area (Å²) in [5, 5.41) is 8.69. The van der Waals surface area contributed by atoms with Crippen molar-refractivity contribution in [2.75, 3.05) is 5.73 Å². The molecular formula is C21H21N7O. The van der Waals surface area contributed by atoms with Crippen molar-refractivity contribution in [1.82, 2.24) is 29.9 Å². The van der Waals surface area contributed by atoms with Crippen molar-refractivity contribution in [3.05, 3.63) is 60.3 Å². The zero-order valence-electron chi connectivity index (χ0n) is 16.3. The van der Waals surface area contributed by atoms with Gasteiger partial charge in [0.15, 0.2) is 11.5 Å². The van der Waals surface area contributed by atoms with Gasteiger partial charge in [-0.15, -0.1) is 0 Å². The molecule has 8 nitrogen and oxygen atoms in total. The van der Waals surface area contributed by atoms with Gasteiger partial charge in [-0.3, -0.25) is 4.68 Å². The van der Waals surface area contributed by atoms with Crippen molar-refractivity contribution < 1.29 is 4.52 Å². The molecule has 4 aromatic rings. The first kappa shape index (κ1) is 17.5. The number of hydrogen-bond acceptors (Lipinski definition) is 7. The Kier molecular flexibility index (Phi) is 3.94. The summed E-state index contributed by atoms with van der Waals surface area (Å²) < 4.78 is 7.27. The van der Waals surface area contributed by atoms with Crippen molar-refractivity contribution in [3.8, 4) is 22.7 Å². The number of aromatic nitrogens is 6. The van der Waals surface area contributed by atoms with Gasteiger partial charge in [-0.05, 0) is 42.9 Å². The van der Waals surface area contributed by atoms with Crippen molar-refractivity contribution in [3.63, 3.8) is 0 Å². The molecular weight excluding hydrogens is 366 g/mol. The Bertz CT molecular complexity index is 1140. The summed E-state index contributed by atoms with van der Waals surface area (Å²) in [6.45, 7) is 2.19. The Morgan fingerprint density at radius 1 is 1.07 bits per heavy atom. The SMILES string of the molecule is Cn1ccc(-c2nc(C(C)(c3ccc(-c4cnc(N)nc4)cc3)C3CC3)no2)n1. The normalized spacial score (nSPS) is 15.9. The lowest BCUT2D eigenvalue weighted by atomic mass is 9.77. The Morgan fingerprint density at radius 2 is 1.79 bits per heavy atom. The van der Waals surface area contributed by atoms with Crippen molar-refractivity contribution in [1.29, 1.82) is 0 Å². The van der Waals surface area contributed by atoms with E-state index >= 15 is 0 Å². The molecule has 8 heteroatoms. The van der Waals surface area contributed by atoms with Gasteiger partial charge in [0.25, 0.3) is 5.89 Å². The molecule has 0 saturated heterocycles. The summed E-state index contributed by atoms with van der Waals surface area (Å²) in [5.74, 6) is 1.90. The minimum absolute atomic E-state index is 0.271. The third-order valence-electron chi connectivity index (χ3n) is 5.71. The van der Waals surface area contributed by atoms with E-state index in [1.807, 2.05) is 19.3 Å². The quantitative estimate of drug-likeness (QED) is 0.560. The van der Waals surface area contributed by atoms with E-state index in [2.05, 4.69) is 51.4 Å². The summed E-state index contributed by atoms with van der Waals surface area (Å²) in [7, 11) is 1.86. The standard InChI is InChI=1S/C21H21N7O/c1-21(16-7-8-16,19-25-18(29-27-19)17-9-10-28(2)26-17)15-5-3-13(4-6-15)14-11-23-20(22)24-12-14/h3-6,9-12,16H,7-8H2,1-2H3,(H2,22,23,24). The number of nitrogens with zero attached hydrogens (tertiary/aromatic N) is 6. The molecule has 1 aromatic carbocycles. The summed E-state index contributed by atoms with van der Waals surface area (Å²) in [6.07, 6.45) is 7.62. The maximum Gasteiger partial charge on any atom is 0.278 e. The van der Waals surface area contributed by atoms with Gasteiger partial charge in [-0.1, -0.05) is 29.4 Å². The van der Waals surface area contributed by atoms with Gasteiger partial charge < -0.3 is 10.3 Å². The topological polar surface area (TPSA) is 109 Å². The van der Waals surface area contributed by atoms with Crippen molar-refractivity contribution in [2.45, 2.75) is 25.2 Å². The molecule has 29 heavy (non-hydrogen) atoms. The highest BCUT2D eigenvalue weighted by Gasteiger charge is 2.47. The molecule has 3 aromatic heterocycles. The number of nitrogens with two attached hydrogens (primary N) is 1.